The first-order valence-electron chi connectivity index (χ1n) is 12.8. The Morgan fingerprint density at radius 3 is 2.67 bits per heavy atom. The van der Waals surface area contributed by atoms with Gasteiger partial charge in [0.05, 0.1) is 11.7 Å². The first-order chi connectivity index (χ1) is 17.3. The molecule has 4 atom stereocenters. The molecule has 3 aromatic rings. The maximum Gasteiger partial charge on any atom is 0.124 e. The molecule has 1 fully saturated rings. The Balaban J connectivity index is 1.41. The third-order valence-corrected chi connectivity index (χ3v) is 7.77. The summed E-state index contributed by atoms with van der Waals surface area (Å²) in [6.07, 6.45) is 8.81. The van der Waals surface area contributed by atoms with Crippen molar-refractivity contribution in [2.75, 3.05) is 6.54 Å². The van der Waals surface area contributed by atoms with E-state index in [1.165, 1.54) is 5.57 Å². The SMILES string of the molecule is Cc1[nH]c([C@@H]2CC3(C)CC=CC=C3CN2C(O)C[C@@H](N)Cc2ccc(O)cc2)nc1-c1ccccc1. The molecule has 6 heteroatoms. The molecule has 0 radical (unpaired) electrons. The van der Waals surface area contributed by atoms with E-state index >= 15 is 0 Å². The number of piperidine rings is 1. The number of allylic oxidation sites excluding steroid dienone is 3. The molecule has 2 aromatic carbocycles. The lowest BCUT2D eigenvalue weighted by molar-refractivity contribution is -0.0575. The number of aromatic hydroxyl groups is 1. The molecule has 1 aromatic heterocycles. The number of aliphatic hydroxyl groups excluding tert-OH is 1. The number of aryl methyl sites for hydroxylation is 1. The van der Waals surface area contributed by atoms with Crippen LogP contribution in [-0.2, 0) is 6.42 Å². The summed E-state index contributed by atoms with van der Waals surface area (Å²) in [4.78, 5) is 10.8. The quantitative estimate of drug-likeness (QED) is 0.378. The van der Waals surface area contributed by atoms with Gasteiger partial charge in [-0.2, -0.15) is 0 Å². The molecule has 0 saturated carbocycles. The van der Waals surface area contributed by atoms with E-state index in [2.05, 4.69) is 54.1 Å². The first kappa shape index (κ1) is 24.5. The van der Waals surface area contributed by atoms with Crippen LogP contribution in [0.4, 0.5) is 0 Å². The molecule has 1 aliphatic carbocycles. The van der Waals surface area contributed by atoms with Crippen LogP contribution in [0.5, 0.6) is 5.75 Å². The number of aliphatic hydroxyl groups is 1. The predicted octanol–water partition coefficient (Wildman–Crippen LogP) is 5.01. The Kier molecular flexibility index (Phi) is 6.84. The van der Waals surface area contributed by atoms with Gasteiger partial charge < -0.3 is 20.9 Å². The van der Waals surface area contributed by atoms with Crippen molar-refractivity contribution in [3.63, 3.8) is 0 Å². The fourth-order valence-electron chi connectivity index (χ4n) is 5.66. The first-order valence-corrected chi connectivity index (χ1v) is 12.8. The second-order valence-electron chi connectivity index (χ2n) is 10.6. The number of nitrogens with two attached hydrogens (primary N) is 1. The lowest BCUT2D eigenvalue weighted by Crippen LogP contribution is -2.50. The molecule has 36 heavy (non-hydrogen) atoms. The van der Waals surface area contributed by atoms with Crippen LogP contribution in [0.3, 0.4) is 0 Å². The topological polar surface area (TPSA) is 98.4 Å². The lowest BCUT2D eigenvalue weighted by Gasteiger charge is -2.48. The predicted molar refractivity (Wildman–Crippen MR) is 143 cm³/mol. The molecule has 188 valence electrons. The zero-order valence-electron chi connectivity index (χ0n) is 21.1. The van der Waals surface area contributed by atoms with E-state index < -0.39 is 6.23 Å². The standard InChI is InChI=1S/C30H36N4O2/c1-20-28(22-8-4-3-5-9-22)33-29(32-20)26-18-30(2)15-7-6-10-23(30)19-34(26)27(36)17-24(31)16-21-11-13-25(35)14-12-21/h3-14,24,26-27,35-36H,15-19,31H2,1-2H3,(H,32,33)/t24-,26-,27?,30?/m0/s1. The van der Waals surface area contributed by atoms with Crippen LogP contribution in [0.25, 0.3) is 11.3 Å². The Morgan fingerprint density at radius 1 is 1.17 bits per heavy atom. The van der Waals surface area contributed by atoms with Gasteiger partial charge in [-0.3, -0.25) is 4.90 Å². The summed E-state index contributed by atoms with van der Waals surface area (Å²) in [5.41, 5.74) is 12.0. The maximum absolute atomic E-state index is 11.5. The van der Waals surface area contributed by atoms with Gasteiger partial charge in [0.15, 0.2) is 0 Å². The van der Waals surface area contributed by atoms with Crippen LogP contribution < -0.4 is 5.73 Å². The number of phenols is 1. The fourth-order valence-corrected chi connectivity index (χ4v) is 5.66. The number of phenolic OH excluding ortho intramolecular Hbond substituents is 1. The summed E-state index contributed by atoms with van der Waals surface area (Å²) in [5.74, 6) is 1.14. The average Bonchev–Trinajstić information content (AvgIpc) is 3.26. The number of aromatic nitrogens is 2. The number of aromatic amines is 1. The minimum Gasteiger partial charge on any atom is -0.508 e. The molecule has 0 bridgehead atoms. The van der Waals surface area contributed by atoms with E-state index in [0.717, 1.165) is 41.2 Å². The summed E-state index contributed by atoms with van der Waals surface area (Å²) in [7, 11) is 0. The Bertz CT molecular complexity index is 1250. The molecule has 0 amide bonds. The average molecular weight is 485 g/mol. The van der Waals surface area contributed by atoms with Crippen molar-refractivity contribution in [1.82, 2.24) is 14.9 Å². The van der Waals surface area contributed by atoms with Crippen molar-refractivity contribution >= 4 is 0 Å². The van der Waals surface area contributed by atoms with Gasteiger partial charge in [0.1, 0.15) is 17.8 Å². The van der Waals surface area contributed by atoms with Crippen molar-refractivity contribution in [3.05, 3.63) is 95.5 Å². The molecule has 1 saturated heterocycles. The second-order valence-corrected chi connectivity index (χ2v) is 10.6. The van der Waals surface area contributed by atoms with E-state index in [9.17, 15) is 10.2 Å². The highest BCUT2D eigenvalue weighted by atomic mass is 16.3. The molecule has 0 spiro atoms. The van der Waals surface area contributed by atoms with Gasteiger partial charge in [0.2, 0.25) is 0 Å². The van der Waals surface area contributed by atoms with Gasteiger partial charge in [-0.05, 0) is 54.9 Å². The number of hydrogen-bond acceptors (Lipinski definition) is 5. The number of rotatable bonds is 7. The fraction of sp³-hybridized carbons (Fsp3) is 0.367. The number of benzene rings is 2. The van der Waals surface area contributed by atoms with E-state index in [1.807, 2.05) is 30.3 Å². The highest BCUT2D eigenvalue weighted by molar-refractivity contribution is 5.61. The zero-order chi connectivity index (χ0) is 25.3. The number of fused-ring (bicyclic) bond motifs is 1. The zero-order valence-corrected chi connectivity index (χ0v) is 21.1. The van der Waals surface area contributed by atoms with Gasteiger partial charge in [0.25, 0.3) is 0 Å². The van der Waals surface area contributed by atoms with Crippen LogP contribution in [0.1, 0.15) is 49.3 Å². The van der Waals surface area contributed by atoms with E-state index in [1.54, 1.807) is 12.1 Å². The monoisotopic (exact) mass is 484 g/mol. The smallest absolute Gasteiger partial charge is 0.124 e. The molecular formula is C30H36N4O2. The van der Waals surface area contributed by atoms with Crippen LogP contribution in [0.15, 0.2) is 78.4 Å². The minimum absolute atomic E-state index is 0.0391. The van der Waals surface area contributed by atoms with Gasteiger partial charge in [-0.1, -0.05) is 67.6 Å². The minimum atomic E-state index is -0.705. The van der Waals surface area contributed by atoms with Gasteiger partial charge >= 0.3 is 0 Å². The number of hydrogen-bond donors (Lipinski definition) is 4. The summed E-state index contributed by atoms with van der Waals surface area (Å²) in [6.45, 7) is 5.06. The molecule has 2 heterocycles. The summed E-state index contributed by atoms with van der Waals surface area (Å²) >= 11 is 0. The van der Waals surface area contributed by atoms with Crippen LogP contribution in [0, 0.1) is 12.3 Å². The third-order valence-electron chi connectivity index (χ3n) is 7.77. The Labute approximate surface area is 213 Å². The van der Waals surface area contributed by atoms with E-state index in [-0.39, 0.29) is 23.2 Å². The Morgan fingerprint density at radius 2 is 1.92 bits per heavy atom. The highest BCUT2D eigenvalue weighted by Crippen LogP contribution is 2.49. The number of nitrogens with zero attached hydrogens (tertiary/aromatic N) is 2. The number of imidazole rings is 1. The summed E-state index contributed by atoms with van der Waals surface area (Å²) in [6, 6.07) is 17.1. The molecule has 6 nitrogen and oxygen atoms in total. The van der Waals surface area contributed by atoms with Crippen molar-refractivity contribution in [2.45, 2.75) is 57.8 Å². The Hall–Kier alpha value is -3.19. The molecular weight excluding hydrogens is 448 g/mol. The van der Waals surface area contributed by atoms with Gasteiger partial charge in [-0.15, -0.1) is 0 Å². The van der Waals surface area contributed by atoms with Crippen molar-refractivity contribution < 1.29 is 10.2 Å². The summed E-state index contributed by atoms with van der Waals surface area (Å²) < 4.78 is 0. The summed E-state index contributed by atoms with van der Waals surface area (Å²) in [5, 5.41) is 21.0. The lowest BCUT2D eigenvalue weighted by atomic mass is 9.69. The molecule has 2 unspecified atom stereocenters. The van der Waals surface area contributed by atoms with E-state index in [4.69, 9.17) is 10.7 Å². The second kappa shape index (κ2) is 10.1. The molecule has 1 aliphatic heterocycles. The highest BCUT2D eigenvalue weighted by Gasteiger charge is 2.44. The normalized spacial score (nSPS) is 23.7. The van der Waals surface area contributed by atoms with Crippen molar-refractivity contribution in [3.8, 4) is 17.0 Å². The molecule has 5 rings (SSSR count). The largest absolute Gasteiger partial charge is 0.508 e. The van der Waals surface area contributed by atoms with Gasteiger partial charge in [0, 0.05) is 30.3 Å². The van der Waals surface area contributed by atoms with Crippen molar-refractivity contribution in [1.29, 1.82) is 0 Å². The number of nitrogens with one attached hydrogen (secondary N) is 1. The number of H-pyrrole nitrogens is 1. The number of likely N-dealkylation sites (tertiary alicyclic amines) is 1. The maximum atomic E-state index is 11.5. The third kappa shape index (κ3) is 5.03. The van der Waals surface area contributed by atoms with Crippen LogP contribution in [0.2, 0.25) is 0 Å². The van der Waals surface area contributed by atoms with Crippen molar-refractivity contribution in [2.24, 2.45) is 11.1 Å². The van der Waals surface area contributed by atoms with Crippen LogP contribution in [-0.4, -0.2) is 43.9 Å². The molecule has 5 N–H and O–H groups in total. The van der Waals surface area contributed by atoms with Gasteiger partial charge in [-0.25, -0.2) is 4.98 Å². The van der Waals surface area contributed by atoms with E-state index in [0.29, 0.717) is 19.4 Å². The van der Waals surface area contributed by atoms with Crippen LogP contribution >= 0.6 is 0 Å². The molecule has 2 aliphatic rings.